The highest BCUT2D eigenvalue weighted by Crippen LogP contribution is 2.26. The summed E-state index contributed by atoms with van der Waals surface area (Å²) in [5.41, 5.74) is 1.18. The van der Waals surface area contributed by atoms with E-state index in [4.69, 9.17) is 23.2 Å². The van der Waals surface area contributed by atoms with E-state index in [9.17, 15) is 4.79 Å². The van der Waals surface area contributed by atoms with Crippen molar-refractivity contribution in [2.75, 3.05) is 33.2 Å². The molecule has 0 bridgehead atoms. The van der Waals surface area contributed by atoms with Crippen molar-refractivity contribution >= 4 is 34.7 Å². The van der Waals surface area contributed by atoms with Crippen LogP contribution in [-0.2, 0) is 4.79 Å². The molecule has 102 valence electrons. The van der Waals surface area contributed by atoms with Gasteiger partial charge < -0.3 is 9.80 Å². The topological polar surface area (TPSA) is 23.6 Å². The van der Waals surface area contributed by atoms with Gasteiger partial charge in [-0.1, -0.05) is 35.8 Å². The number of carbonyl (C=O) groups is 1. The molecule has 0 radical (unpaired) electrons. The Kier molecular flexibility index (Phi) is 4.50. The number of benzene rings is 1. The molecule has 1 saturated heterocycles. The number of rotatable bonds is 2. The Morgan fingerprint density at radius 2 is 1.79 bits per heavy atom. The molecular weight excluding hydrogens is 283 g/mol. The van der Waals surface area contributed by atoms with Crippen molar-refractivity contribution in [1.29, 1.82) is 0 Å². The van der Waals surface area contributed by atoms with Crippen molar-refractivity contribution in [3.05, 3.63) is 40.4 Å². The first kappa shape index (κ1) is 14.4. The molecule has 0 unspecified atom stereocenters. The van der Waals surface area contributed by atoms with Crippen LogP contribution in [0.4, 0.5) is 0 Å². The molecule has 1 fully saturated rings. The number of carbonyl (C=O) groups excluding carboxylic acids is 1. The van der Waals surface area contributed by atoms with Crippen molar-refractivity contribution in [2.24, 2.45) is 0 Å². The molecule has 1 aliphatic heterocycles. The van der Waals surface area contributed by atoms with Gasteiger partial charge in [-0.25, -0.2) is 0 Å². The van der Waals surface area contributed by atoms with E-state index in [1.807, 2.05) is 4.90 Å². The minimum Gasteiger partial charge on any atom is -0.336 e. The van der Waals surface area contributed by atoms with E-state index in [0.717, 1.165) is 31.7 Å². The summed E-state index contributed by atoms with van der Waals surface area (Å²) in [4.78, 5) is 16.4. The van der Waals surface area contributed by atoms with E-state index in [-0.39, 0.29) is 5.91 Å². The molecule has 0 N–H and O–H groups in total. The number of amides is 1. The molecule has 1 aliphatic rings. The van der Waals surface area contributed by atoms with E-state index >= 15 is 0 Å². The molecule has 0 saturated carbocycles. The highest BCUT2D eigenvalue weighted by Gasteiger charge is 2.22. The van der Waals surface area contributed by atoms with E-state index in [0.29, 0.717) is 15.6 Å². The number of hydrogen-bond donors (Lipinski definition) is 0. The lowest BCUT2D eigenvalue weighted by Crippen LogP contribution is -2.47. The van der Waals surface area contributed by atoms with E-state index in [1.54, 1.807) is 18.2 Å². The molecule has 5 heteroatoms. The van der Waals surface area contributed by atoms with Crippen LogP contribution in [0.5, 0.6) is 0 Å². The van der Waals surface area contributed by atoms with Gasteiger partial charge in [0, 0.05) is 31.8 Å². The number of nitrogens with zero attached hydrogens (tertiary/aromatic N) is 2. The average Bonchev–Trinajstić information content (AvgIpc) is 2.41. The summed E-state index contributed by atoms with van der Waals surface area (Å²) in [5, 5.41) is 0.914. The fourth-order valence-corrected chi connectivity index (χ4v) is 2.31. The Balaban J connectivity index is 2.10. The first-order chi connectivity index (χ1) is 8.99. The van der Waals surface area contributed by atoms with E-state index in [2.05, 4.69) is 18.5 Å². The Morgan fingerprint density at radius 3 is 2.37 bits per heavy atom. The maximum Gasteiger partial charge on any atom is 0.253 e. The average molecular weight is 299 g/mol. The van der Waals surface area contributed by atoms with Crippen molar-refractivity contribution in [3.8, 4) is 0 Å². The van der Waals surface area contributed by atoms with Crippen LogP contribution >= 0.6 is 23.2 Å². The van der Waals surface area contributed by atoms with Crippen LogP contribution in [0.15, 0.2) is 24.8 Å². The quantitative estimate of drug-likeness (QED) is 0.784. The molecule has 0 aliphatic carbocycles. The molecule has 1 amide bonds. The van der Waals surface area contributed by atoms with Gasteiger partial charge in [0.05, 0.1) is 10.0 Å². The van der Waals surface area contributed by atoms with Crippen LogP contribution in [-0.4, -0.2) is 48.9 Å². The van der Waals surface area contributed by atoms with Crippen LogP contribution in [0.1, 0.15) is 5.56 Å². The number of piperazine rings is 1. The van der Waals surface area contributed by atoms with Crippen LogP contribution in [0.2, 0.25) is 10.0 Å². The zero-order valence-corrected chi connectivity index (χ0v) is 12.3. The Labute approximate surface area is 123 Å². The smallest absolute Gasteiger partial charge is 0.253 e. The zero-order valence-electron chi connectivity index (χ0n) is 10.8. The van der Waals surface area contributed by atoms with Gasteiger partial charge in [0.2, 0.25) is 0 Å². The molecule has 0 aromatic heterocycles. The summed E-state index contributed by atoms with van der Waals surface area (Å²) in [5.74, 6) is -0.0357. The summed E-state index contributed by atoms with van der Waals surface area (Å²) >= 11 is 11.8. The van der Waals surface area contributed by atoms with Crippen LogP contribution in [0, 0.1) is 0 Å². The maximum atomic E-state index is 12.3. The van der Waals surface area contributed by atoms with Crippen molar-refractivity contribution in [2.45, 2.75) is 0 Å². The van der Waals surface area contributed by atoms with Gasteiger partial charge >= 0.3 is 0 Å². The number of likely N-dealkylation sites (N-methyl/N-ethyl adjacent to an activating group) is 1. The van der Waals surface area contributed by atoms with Crippen LogP contribution in [0.3, 0.4) is 0 Å². The minimum absolute atomic E-state index is 0.0357. The van der Waals surface area contributed by atoms with Crippen LogP contribution < -0.4 is 0 Å². The normalized spacial score (nSPS) is 16.5. The van der Waals surface area contributed by atoms with Gasteiger partial charge in [0.15, 0.2) is 0 Å². The molecule has 1 aromatic rings. The Bertz CT molecular complexity index is 508. The first-order valence-corrected chi connectivity index (χ1v) is 6.87. The molecule has 0 spiro atoms. The summed E-state index contributed by atoms with van der Waals surface area (Å²) in [7, 11) is 2.05. The lowest BCUT2D eigenvalue weighted by Gasteiger charge is -2.32. The molecule has 1 heterocycles. The van der Waals surface area contributed by atoms with Crippen molar-refractivity contribution in [1.82, 2.24) is 9.80 Å². The SMILES string of the molecule is C=C(C(=O)N1CCN(C)CC1)c1ccc(Cl)c(Cl)c1. The third-order valence-electron chi connectivity index (χ3n) is 3.32. The molecule has 0 atom stereocenters. The summed E-state index contributed by atoms with van der Waals surface area (Å²) in [6.45, 7) is 7.13. The largest absolute Gasteiger partial charge is 0.336 e. The predicted octanol–water partition coefficient (Wildman–Crippen LogP) is 2.78. The van der Waals surface area contributed by atoms with Crippen LogP contribution in [0.25, 0.3) is 5.57 Å². The minimum atomic E-state index is -0.0357. The molecule has 1 aromatic carbocycles. The number of halogens is 2. The third kappa shape index (κ3) is 3.30. The second-order valence-corrected chi connectivity index (χ2v) is 5.52. The maximum absolute atomic E-state index is 12.3. The Morgan fingerprint density at radius 1 is 1.16 bits per heavy atom. The highest BCUT2D eigenvalue weighted by molar-refractivity contribution is 6.42. The van der Waals surface area contributed by atoms with Crippen molar-refractivity contribution < 1.29 is 4.79 Å². The zero-order chi connectivity index (χ0) is 14.0. The van der Waals surface area contributed by atoms with E-state index in [1.165, 1.54) is 0 Å². The number of hydrogen-bond acceptors (Lipinski definition) is 2. The lowest BCUT2D eigenvalue weighted by atomic mass is 10.1. The molecule has 3 nitrogen and oxygen atoms in total. The fourth-order valence-electron chi connectivity index (χ4n) is 2.01. The molecule has 2 rings (SSSR count). The standard InChI is InChI=1S/C14H16Cl2N2O/c1-10(11-3-4-12(15)13(16)9-11)14(19)18-7-5-17(2)6-8-18/h3-4,9H,1,5-8H2,2H3. The van der Waals surface area contributed by atoms with Gasteiger partial charge in [-0.05, 0) is 24.7 Å². The second kappa shape index (κ2) is 5.95. The van der Waals surface area contributed by atoms with Gasteiger partial charge in [0.25, 0.3) is 5.91 Å². The first-order valence-electron chi connectivity index (χ1n) is 6.11. The highest BCUT2D eigenvalue weighted by atomic mass is 35.5. The lowest BCUT2D eigenvalue weighted by molar-refractivity contribution is -0.126. The predicted molar refractivity (Wildman–Crippen MR) is 79.6 cm³/mol. The second-order valence-electron chi connectivity index (χ2n) is 4.70. The van der Waals surface area contributed by atoms with Crippen molar-refractivity contribution in [3.63, 3.8) is 0 Å². The monoisotopic (exact) mass is 298 g/mol. The summed E-state index contributed by atoms with van der Waals surface area (Å²) in [6, 6.07) is 5.13. The third-order valence-corrected chi connectivity index (χ3v) is 4.06. The fraction of sp³-hybridized carbons (Fsp3) is 0.357. The van der Waals surface area contributed by atoms with Gasteiger partial charge in [-0.2, -0.15) is 0 Å². The van der Waals surface area contributed by atoms with E-state index < -0.39 is 0 Å². The van der Waals surface area contributed by atoms with Gasteiger partial charge in [-0.15, -0.1) is 0 Å². The van der Waals surface area contributed by atoms with Gasteiger partial charge in [0.1, 0.15) is 0 Å². The summed E-state index contributed by atoms with van der Waals surface area (Å²) < 4.78 is 0. The molecular formula is C14H16Cl2N2O. The molecule has 19 heavy (non-hydrogen) atoms. The van der Waals surface area contributed by atoms with Gasteiger partial charge in [-0.3, -0.25) is 4.79 Å². The Hall–Kier alpha value is -1.03. The summed E-state index contributed by atoms with van der Waals surface area (Å²) in [6.07, 6.45) is 0.